The molecule has 3 rings (SSSR count). The monoisotopic (exact) mass is 422 g/mol. The first-order valence-electron chi connectivity index (χ1n) is 9.65. The zero-order chi connectivity index (χ0) is 21.0. The van der Waals surface area contributed by atoms with Crippen molar-refractivity contribution < 1.29 is 18.0 Å². The highest BCUT2D eigenvalue weighted by Gasteiger charge is 2.31. The summed E-state index contributed by atoms with van der Waals surface area (Å²) in [6.45, 7) is 5.78. The molecule has 2 aromatic rings. The van der Waals surface area contributed by atoms with Crippen LogP contribution in [0.25, 0.3) is 0 Å². The van der Waals surface area contributed by atoms with Gasteiger partial charge in [0.15, 0.2) is 0 Å². The molecule has 0 aliphatic carbocycles. The van der Waals surface area contributed by atoms with Crippen molar-refractivity contribution in [2.45, 2.75) is 25.8 Å². The van der Waals surface area contributed by atoms with Crippen molar-refractivity contribution in [2.75, 3.05) is 25.4 Å². The molecular formula is C22H25F3N2OS. The molecule has 1 aliphatic rings. The largest absolute Gasteiger partial charge is 0.325 e. The van der Waals surface area contributed by atoms with Gasteiger partial charge in [-0.05, 0) is 41.3 Å². The minimum absolute atomic E-state index is 0.0400. The molecule has 1 fully saturated rings. The predicted molar refractivity (Wildman–Crippen MR) is 110 cm³/mol. The average molecular weight is 423 g/mol. The van der Waals surface area contributed by atoms with Crippen molar-refractivity contribution >= 4 is 17.7 Å². The molecule has 1 amide bonds. The van der Waals surface area contributed by atoms with E-state index in [-0.39, 0.29) is 23.6 Å². The summed E-state index contributed by atoms with van der Waals surface area (Å²) in [5.74, 6) is -0.484. The Hall–Kier alpha value is -1.99. The van der Waals surface area contributed by atoms with Crippen LogP contribution in [0.1, 0.15) is 30.3 Å². The van der Waals surface area contributed by atoms with Gasteiger partial charge >= 0.3 is 0 Å². The number of hydrogen-bond donors (Lipinski definition) is 0. The van der Waals surface area contributed by atoms with Crippen LogP contribution >= 0.6 is 11.8 Å². The van der Waals surface area contributed by atoms with Gasteiger partial charge in [0.25, 0.3) is 0 Å². The summed E-state index contributed by atoms with van der Waals surface area (Å²) in [5.41, 5.74) is 1.40. The maximum atomic E-state index is 13.6. The molecule has 0 N–H and O–H groups in total. The van der Waals surface area contributed by atoms with Crippen molar-refractivity contribution in [1.82, 2.24) is 9.80 Å². The number of carbonyl (C=O) groups excluding carboxylic acids is 1. The molecule has 2 aromatic carbocycles. The Balaban J connectivity index is 1.72. The van der Waals surface area contributed by atoms with E-state index in [0.29, 0.717) is 31.1 Å². The zero-order valence-corrected chi connectivity index (χ0v) is 17.4. The van der Waals surface area contributed by atoms with E-state index in [1.807, 2.05) is 18.7 Å². The highest BCUT2D eigenvalue weighted by Crippen LogP contribution is 2.38. The molecule has 0 radical (unpaired) electrons. The molecule has 156 valence electrons. The van der Waals surface area contributed by atoms with Gasteiger partial charge in [-0.25, -0.2) is 13.2 Å². The summed E-state index contributed by atoms with van der Waals surface area (Å²) < 4.78 is 40.3. The van der Waals surface area contributed by atoms with Crippen molar-refractivity contribution in [3.05, 3.63) is 71.0 Å². The van der Waals surface area contributed by atoms with E-state index in [9.17, 15) is 18.0 Å². The summed E-state index contributed by atoms with van der Waals surface area (Å²) in [4.78, 5) is 16.8. The number of rotatable bonds is 7. The topological polar surface area (TPSA) is 23.6 Å². The number of nitrogens with zero attached hydrogens (tertiary/aromatic N) is 2. The third-order valence-corrected chi connectivity index (χ3v) is 5.94. The Morgan fingerprint density at radius 1 is 1.10 bits per heavy atom. The molecule has 0 bridgehead atoms. The van der Waals surface area contributed by atoms with Gasteiger partial charge in [-0.2, -0.15) is 0 Å². The van der Waals surface area contributed by atoms with Crippen LogP contribution in [0.3, 0.4) is 0 Å². The summed E-state index contributed by atoms with van der Waals surface area (Å²) in [6, 6.07) is 9.67. The molecule has 1 atom stereocenters. The van der Waals surface area contributed by atoms with Crippen LogP contribution in [-0.4, -0.2) is 41.1 Å². The minimum Gasteiger partial charge on any atom is -0.325 e. The van der Waals surface area contributed by atoms with Crippen molar-refractivity contribution in [3.63, 3.8) is 0 Å². The zero-order valence-electron chi connectivity index (χ0n) is 16.6. The van der Waals surface area contributed by atoms with Crippen molar-refractivity contribution in [3.8, 4) is 0 Å². The van der Waals surface area contributed by atoms with Gasteiger partial charge in [0.05, 0.1) is 6.54 Å². The number of thioether (sulfide) groups is 1. The number of amides is 1. The lowest BCUT2D eigenvalue weighted by molar-refractivity contribution is -0.132. The smallest absolute Gasteiger partial charge is 0.237 e. The van der Waals surface area contributed by atoms with Crippen molar-refractivity contribution in [1.29, 1.82) is 0 Å². The van der Waals surface area contributed by atoms with Crippen LogP contribution in [0.2, 0.25) is 0 Å². The molecule has 1 aliphatic heterocycles. The standard InChI is InChI=1S/C22H25F3N2OS/c1-15(2)12-26(13-16-9-19(24)11-20(25)10-16)14-21(28)27-7-8-29-22(27)17-3-5-18(23)6-4-17/h3-6,9-11,15,22H,7-8,12-14H2,1-2H3. The first-order valence-corrected chi connectivity index (χ1v) is 10.7. The molecule has 0 spiro atoms. The van der Waals surface area contributed by atoms with Crippen molar-refractivity contribution in [2.24, 2.45) is 5.92 Å². The third kappa shape index (κ3) is 6.00. The summed E-state index contributed by atoms with van der Waals surface area (Å²) in [6.07, 6.45) is 0. The highest BCUT2D eigenvalue weighted by molar-refractivity contribution is 7.99. The first kappa shape index (κ1) is 21.7. The Morgan fingerprint density at radius 3 is 2.38 bits per heavy atom. The third-order valence-electron chi connectivity index (χ3n) is 4.68. The van der Waals surface area contributed by atoms with E-state index >= 15 is 0 Å². The average Bonchev–Trinajstić information content (AvgIpc) is 3.10. The van der Waals surface area contributed by atoms with E-state index < -0.39 is 11.6 Å². The van der Waals surface area contributed by atoms with Crippen LogP contribution in [0.4, 0.5) is 13.2 Å². The fraction of sp³-hybridized carbons (Fsp3) is 0.409. The second-order valence-electron chi connectivity index (χ2n) is 7.70. The second-order valence-corrected chi connectivity index (χ2v) is 8.89. The van der Waals surface area contributed by atoms with Gasteiger partial charge < -0.3 is 4.90 Å². The molecule has 3 nitrogen and oxygen atoms in total. The van der Waals surface area contributed by atoms with Gasteiger partial charge in [0, 0.05) is 31.5 Å². The molecule has 1 saturated heterocycles. The van der Waals surface area contributed by atoms with Gasteiger partial charge in [0.2, 0.25) is 5.91 Å². The molecule has 0 saturated carbocycles. The second kappa shape index (κ2) is 9.67. The molecule has 0 aromatic heterocycles. The lowest BCUT2D eigenvalue weighted by Crippen LogP contribution is -2.41. The molecule has 7 heteroatoms. The van der Waals surface area contributed by atoms with Crippen LogP contribution in [0.5, 0.6) is 0 Å². The number of halogens is 3. The first-order chi connectivity index (χ1) is 13.8. The lowest BCUT2D eigenvalue weighted by Gasteiger charge is -2.29. The van der Waals surface area contributed by atoms with Gasteiger partial charge in [0.1, 0.15) is 22.8 Å². The fourth-order valence-corrected chi connectivity index (χ4v) is 4.85. The Morgan fingerprint density at radius 2 is 1.76 bits per heavy atom. The number of carbonyl (C=O) groups is 1. The molecule has 1 heterocycles. The maximum absolute atomic E-state index is 13.6. The van der Waals surface area contributed by atoms with E-state index in [4.69, 9.17) is 0 Å². The normalized spacial score (nSPS) is 16.8. The van der Waals surface area contributed by atoms with Crippen LogP contribution in [0, 0.1) is 23.4 Å². The highest BCUT2D eigenvalue weighted by atomic mass is 32.2. The molecule has 1 unspecified atom stereocenters. The Labute approximate surface area is 173 Å². The van der Waals surface area contributed by atoms with E-state index in [0.717, 1.165) is 17.4 Å². The molecular weight excluding hydrogens is 397 g/mol. The fourth-order valence-electron chi connectivity index (χ4n) is 3.57. The van der Waals surface area contributed by atoms with Crippen LogP contribution < -0.4 is 0 Å². The van der Waals surface area contributed by atoms with E-state index in [2.05, 4.69) is 0 Å². The lowest BCUT2D eigenvalue weighted by atomic mass is 10.1. The van der Waals surface area contributed by atoms with Gasteiger partial charge in [-0.15, -0.1) is 11.8 Å². The molecule has 29 heavy (non-hydrogen) atoms. The predicted octanol–water partition coefficient (Wildman–Crippen LogP) is 4.84. The Bertz CT molecular complexity index is 824. The summed E-state index contributed by atoms with van der Waals surface area (Å²) in [7, 11) is 0. The number of benzene rings is 2. The SMILES string of the molecule is CC(C)CN(CC(=O)N1CCSC1c1ccc(F)cc1)Cc1cc(F)cc(F)c1. The number of hydrogen-bond acceptors (Lipinski definition) is 3. The van der Waals surface area contributed by atoms with E-state index in [1.54, 1.807) is 28.8 Å². The quantitative estimate of drug-likeness (QED) is 0.638. The minimum atomic E-state index is -0.622. The van der Waals surface area contributed by atoms with Gasteiger partial charge in [-0.3, -0.25) is 9.69 Å². The van der Waals surface area contributed by atoms with E-state index in [1.165, 1.54) is 24.3 Å². The van der Waals surface area contributed by atoms with Crippen LogP contribution in [-0.2, 0) is 11.3 Å². The van der Waals surface area contributed by atoms with Crippen LogP contribution in [0.15, 0.2) is 42.5 Å². The Kier molecular flexibility index (Phi) is 7.24. The maximum Gasteiger partial charge on any atom is 0.237 e. The summed E-state index contributed by atoms with van der Waals surface area (Å²) in [5, 5.41) is -0.143. The summed E-state index contributed by atoms with van der Waals surface area (Å²) >= 11 is 1.65. The van der Waals surface area contributed by atoms with Gasteiger partial charge in [-0.1, -0.05) is 26.0 Å².